The third-order valence-electron chi connectivity index (χ3n) is 6.19. The fourth-order valence-corrected chi connectivity index (χ4v) is 4.87. The minimum atomic E-state index is -0.219. The van der Waals surface area contributed by atoms with Crippen molar-refractivity contribution in [1.82, 2.24) is 19.6 Å². The smallest absolute Gasteiger partial charge is 0.275 e. The van der Waals surface area contributed by atoms with Gasteiger partial charge >= 0.3 is 0 Å². The van der Waals surface area contributed by atoms with Gasteiger partial charge in [0.05, 0.1) is 29.7 Å². The van der Waals surface area contributed by atoms with Crippen LogP contribution < -0.4 is 15.6 Å². The summed E-state index contributed by atoms with van der Waals surface area (Å²) in [6, 6.07) is 12.8. The van der Waals surface area contributed by atoms with E-state index in [0.29, 0.717) is 29.3 Å². The molecule has 1 amide bonds. The lowest BCUT2D eigenvalue weighted by atomic mass is 10.1. The Morgan fingerprint density at radius 2 is 1.94 bits per heavy atom. The molecule has 3 aromatic rings. The average Bonchev–Trinajstić information content (AvgIpc) is 3.08. The Hall–Kier alpha value is -2.77. The Morgan fingerprint density at radius 1 is 1.15 bits per heavy atom. The Balaban J connectivity index is 1.59. The van der Waals surface area contributed by atoms with E-state index in [1.165, 1.54) is 39.3 Å². The molecule has 1 aromatic heterocycles. The fourth-order valence-electron chi connectivity index (χ4n) is 4.68. The Kier molecular flexibility index (Phi) is 7.95. The van der Waals surface area contributed by atoms with E-state index in [1.807, 2.05) is 48.0 Å². The quantitative estimate of drug-likeness (QED) is 0.461. The van der Waals surface area contributed by atoms with Crippen molar-refractivity contribution in [2.75, 3.05) is 26.2 Å². The van der Waals surface area contributed by atoms with Crippen molar-refractivity contribution in [2.45, 2.75) is 52.1 Å². The van der Waals surface area contributed by atoms with Crippen molar-refractivity contribution in [3.63, 3.8) is 0 Å². The number of fused-ring (bicyclic) bond motifs is 1. The number of rotatable bonds is 9. The number of likely N-dealkylation sites (tertiary alicyclic amines) is 1. The predicted molar refractivity (Wildman–Crippen MR) is 136 cm³/mol. The Bertz CT molecular complexity index is 1200. The van der Waals surface area contributed by atoms with Gasteiger partial charge in [0.1, 0.15) is 5.75 Å². The second-order valence-electron chi connectivity index (χ2n) is 9.06. The summed E-state index contributed by atoms with van der Waals surface area (Å²) in [7, 11) is 0. The van der Waals surface area contributed by atoms with Gasteiger partial charge in [-0.15, -0.1) is 0 Å². The van der Waals surface area contributed by atoms with Gasteiger partial charge in [-0.1, -0.05) is 24.1 Å². The first-order chi connectivity index (χ1) is 16.4. The zero-order chi connectivity index (χ0) is 24.1. The van der Waals surface area contributed by atoms with Crippen LogP contribution in [0, 0.1) is 0 Å². The van der Waals surface area contributed by atoms with Crippen molar-refractivity contribution in [3.8, 4) is 11.4 Å². The molecule has 1 N–H and O–H groups in total. The zero-order valence-corrected chi connectivity index (χ0v) is 20.7. The monoisotopic (exact) mass is 484 g/mol. The topological polar surface area (TPSA) is 68.5 Å². The number of amides is 1. The van der Waals surface area contributed by atoms with Gasteiger partial charge in [-0.3, -0.25) is 14.3 Å². The van der Waals surface area contributed by atoms with Gasteiger partial charge in [0.15, 0.2) is 0 Å². The first-order valence-corrected chi connectivity index (χ1v) is 12.4. The second-order valence-corrected chi connectivity index (χ2v) is 9.50. The van der Waals surface area contributed by atoms with Gasteiger partial charge in [0.2, 0.25) is 5.91 Å². The van der Waals surface area contributed by atoms with Crippen LogP contribution in [0.2, 0.25) is 5.02 Å². The van der Waals surface area contributed by atoms with Gasteiger partial charge < -0.3 is 15.0 Å². The largest absolute Gasteiger partial charge is 0.494 e. The lowest BCUT2D eigenvalue weighted by Gasteiger charge is -2.26. The number of carbonyl (C=O) groups is 1. The number of benzene rings is 2. The standard InChI is InChI=1S/C26H33ClN4O3/c1-19(28-20(2)32)18-30-26(33)24-17-23(34-15-7-14-29-12-4-3-5-13-29)10-11-25(24)31(30)22-9-6-8-21(27)16-22/h6,8-11,16-17,19H,3-5,7,12-15,18H2,1-2H3,(H,28,32). The normalized spacial score (nSPS) is 15.4. The lowest BCUT2D eigenvalue weighted by Crippen LogP contribution is -2.38. The molecule has 8 heteroatoms. The number of hydrogen-bond acceptors (Lipinski definition) is 4. The summed E-state index contributed by atoms with van der Waals surface area (Å²) >= 11 is 6.25. The Labute approximate surface area is 205 Å². The minimum Gasteiger partial charge on any atom is -0.494 e. The van der Waals surface area contributed by atoms with E-state index in [9.17, 15) is 9.59 Å². The van der Waals surface area contributed by atoms with Crippen molar-refractivity contribution < 1.29 is 9.53 Å². The maximum atomic E-state index is 13.5. The molecule has 1 unspecified atom stereocenters. The third kappa shape index (κ3) is 5.83. The van der Waals surface area contributed by atoms with Crippen LogP contribution >= 0.6 is 11.6 Å². The molecule has 0 spiro atoms. The SMILES string of the molecule is CC(=O)NC(C)Cn1c(=O)c2cc(OCCCN3CCCCC3)ccc2n1-c1cccc(Cl)c1. The maximum absolute atomic E-state index is 13.5. The zero-order valence-electron chi connectivity index (χ0n) is 19.9. The van der Waals surface area contributed by atoms with Crippen LogP contribution in [0.3, 0.4) is 0 Å². The van der Waals surface area contributed by atoms with E-state index in [1.54, 1.807) is 10.7 Å². The molecule has 0 radical (unpaired) electrons. The van der Waals surface area contributed by atoms with Crippen LogP contribution in [0.1, 0.15) is 39.5 Å². The lowest BCUT2D eigenvalue weighted by molar-refractivity contribution is -0.119. The van der Waals surface area contributed by atoms with Crippen LogP contribution in [0.4, 0.5) is 0 Å². The number of ether oxygens (including phenoxy) is 1. The number of halogens is 1. The molecule has 34 heavy (non-hydrogen) atoms. The molecule has 0 aliphatic carbocycles. The number of piperidine rings is 1. The van der Waals surface area contributed by atoms with Gasteiger partial charge in [-0.25, -0.2) is 4.68 Å². The molecule has 4 rings (SSSR count). The van der Waals surface area contributed by atoms with Crippen LogP contribution in [-0.2, 0) is 11.3 Å². The summed E-state index contributed by atoms with van der Waals surface area (Å²) in [4.78, 5) is 27.5. The number of carbonyl (C=O) groups excluding carboxylic acids is 1. The van der Waals surface area contributed by atoms with Gasteiger partial charge in [0, 0.05) is 24.5 Å². The molecular weight excluding hydrogens is 452 g/mol. The molecule has 1 aliphatic heterocycles. The highest BCUT2D eigenvalue weighted by atomic mass is 35.5. The summed E-state index contributed by atoms with van der Waals surface area (Å²) in [5.41, 5.74) is 1.42. The van der Waals surface area contributed by atoms with Crippen molar-refractivity contribution >= 4 is 28.4 Å². The molecule has 1 saturated heterocycles. The predicted octanol–water partition coefficient (Wildman–Crippen LogP) is 4.23. The number of hydrogen-bond donors (Lipinski definition) is 1. The summed E-state index contributed by atoms with van der Waals surface area (Å²) in [6.07, 6.45) is 4.87. The second kappa shape index (κ2) is 11.1. The summed E-state index contributed by atoms with van der Waals surface area (Å²) < 4.78 is 9.52. The average molecular weight is 485 g/mol. The molecule has 1 aliphatic rings. The van der Waals surface area contributed by atoms with E-state index in [-0.39, 0.29) is 17.5 Å². The van der Waals surface area contributed by atoms with Gasteiger partial charge in [-0.2, -0.15) is 0 Å². The van der Waals surface area contributed by atoms with E-state index < -0.39 is 0 Å². The molecule has 182 valence electrons. The van der Waals surface area contributed by atoms with Crippen molar-refractivity contribution in [3.05, 3.63) is 57.8 Å². The first-order valence-electron chi connectivity index (χ1n) is 12.1. The summed E-state index contributed by atoms with van der Waals surface area (Å²) in [6.45, 7) is 7.70. The number of nitrogens with one attached hydrogen (secondary N) is 1. The molecular formula is C26H33ClN4O3. The highest BCUT2D eigenvalue weighted by Gasteiger charge is 2.18. The van der Waals surface area contributed by atoms with E-state index in [0.717, 1.165) is 24.2 Å². The molecule has 7 nitrogen and oxygen atoms in total. The molecule has 0 bridgehead atoms. The van der Waals surface area contributed by atoms with Gasteiger partial charge in [-0.05, 0) is 75.7 Å². The van der Waals surface area contributed by atoms with Crippen LogP contribution in [0.15, 0.2) is 47.3 Å². The molecule has 1 fully saturated rings. The van der Waals surface area contributed by atoms with E-state index >= 15 is 0 Å². The molecule has 0 saturated carbocycles. The number of nitrogens with zero attached hydrogens (tertiary/aromatic N) is 3. The third-order valence-corrected chi connectivity index (χ3v) is 6.42. The molecule has 1 atom stereocenters. The highest BCUT2D eigenvalue weighted by molar-refractivity contribution is 6.30. The van der Waals surface area contributed by atoms with Crippen LogP contribution in [-0.4, -0.2) is 52.5 Å². The summed E-state index contributed by atoms with van der Waals surface area (Å²) in [5.74, 6) is 0.555. The Morgan fingerprint density at radius 3 is 2.68 bits per heavy atom. The van der Waals surface area contributed by atoms with Gasteiger partial charge in [0.25, 0.3) is 5.56 Å². The fraction of sp³-hybridized carbons (Fsp3) is 0.462. The first kappa shape index (κ1) is 24.4. The maximum Gasteiger partial charge on any atom is 0.275 e. The highest BCUT2D eigenvalue weighted by Crippen LogP contribution is 2.24. The van der Waals surface area contributed by atoms with Crippen LogP contribution in [0.5, 0.6) is 5.75 Å². The van der Waals surface area contributed by atoms with E-state index in [2.05, 4.69) is 10.2 Å². The van der Waals surface area contributed by atoms with Crippen LogP contribution in [0.25, 0.3) is 16.6 Å². The van der Waals surface area contributed by atoms with Crippen molar-refractivity contribution in [1.29, 1.82) is 0 Å². The summed E-state index contributed by atoms with van der Waals surface area (Å²) in [5, 5.41) is 4.02. The minimum absolute atomic E-state index is 0.133. The van der Waals surface area contributed by atoms with Crippen molar-refractivity contribution in [2.24, 2.45) is 0 Å². The molecule has 2 aromatic carbocycles. The molecule has 2 heterocycles. The van der Waals surface area contributed by atoms with E-state index in [4.69, 9.17) is 16.3 Å². The number of aromatic nitrogens is 2.